The summed E-state index contributed by atoms with van der Waals surface area (Å²) < 4.78 is 5.22. The van der Waals surface area contributed by atoms with Crippen LogP contribution in [-0.4, -0.2) is 54.7 Å². The Morgan fingerprint density at radius 1 is 0.920 bits per heavy atom. The zero-order chi connectivity index (χ0) is 17.5. The molecule has 4 nitrogen and oxygen atoms in total. The van der Waals surface area contributed by atoms with E-state index in [1.807, 2.05) is 42.5 Å². The van der Waals surface area contributed by atoms with Crippen LogP contribution in [0.3, 0.4) is 0 Å². The molecule has 1 unspecified atom stereocenters. The number of rotatable bonds is 6. The Kier molecular flexibility index (Phi) is 6.45. The van der Waals surface area contributed by atoms with Crippen molar-refractivity contribution in [2.75, 3.05) is 39.8 Å². The molecule has 1 aliphatic heterocycles. The van der Waals surface area contributed by atoms with Crippen LogP contribution in [0, 0.1) is 0 Å². The van der Waals surface area contributed by atoms with Crippen LogP contribution < -0.4 is 4.74 Å². The van der Waals surface area contributed by atoms with Crippen molar-refractivity contribution >= 4 is 0 Å². The monoisotopic (exact) mass is 340 g/mol. The van der Waals surface area contributed by atoms with E-state index in [1.54, 1.807) is 7.11 Å². The summed E-state index contributed by atoms with van der Waals surface area (Å²) in [5.74, 6) is 0.903. The molecular weight excluding hydrogens is 312 g/mol. The van der Waals surface area contributed by atoms with Crippen LogP contribution >= 0.6 is 0 Å². The molecule has 1 saturated heterocycles. The van der Waals surface area contributed by atoms with Gasteiger partial charge in [-0.15, -0.1) is 0 Å². The summed E-state index contributed by atoms with van der Waals surface area (Å²) in [6, 6.07) is 18.3. The molecule has 2 aromatic rings. The van der Waals surface area contributed by atoms with Crippen molar-refractivity contribution in [1.82, 2.24) is 9.80 Å². The topological polar surface area (TPSA) is 35.9 Å². The van der Waals surface area contributed by atoms with Gasteiger partial charge in [-0.2, -0.15) is 0 Å². The first kappa shape index (κ1) is 17.9. The van der Waals surface area contributed by atoms with E-state index in [1.165, 1.54) is 5.56 Å². The highest BCUT2D eigenvalue weighted by Gasteiger charge is 2.18. The molecule has 2 aromatic carbocycles. The van der Waals surface area contributed by atoms with Gasteiger partial charge in [0.25, 0.3) is 0 Å². The Labute approximate surface area is 150 Å². The Balaban J connectivity index is 1.50. The summed E-state index contributed by atoms with van der Waals surface area (Å²) >= 11 is 0. The minimum atomic E-state index is -0.408. The highest BCUT2D eigenvalue weighted by atomic mass is 16.5. The number of benzene rings is 2. The Hall–Kier alpha value is -1.88. The molecule has 1 fully saturated rings. The minimum absolute atomic E-state index is 0.408. The average Bonchev–Trinajstić information content (AvgIpc) is 2.88. The van der Waals surface area contributed by atoms with Gasteiger partial charge in [-0.05, 0) is 42.8 Å². The molecule has 4 heteroatoms. The van der Waals surface area contributed by atoms with E-state index in [2.05, 4.69) is 21.9 Å². The number of aliphatic hydroxyl groups is 1. The van der Waals surface area contributed by atoms with Crippen LogP contribution in [0.2, 0.25) is 0 Å². The third-order valence-corrected chi connectivity index (χ3v) is 4.86. The van der Waals surface area contributed by atoms with Crippen molar-refractivity contribution in [2.45, 2.75) is 19.1 Å². The predicted molar refractivity (Wildman–Crippen MR) is 101 cm³/mol. The van der Waals surface area contributed by atoms with Gasteiger partial charge in [0.05, 0.1) is 13.2 Å². The van der Waals surface area contributed by atoms with Crippen molar-refractivity contribution in [3.63, 3.8) is 0 Å². The lowest BCUT2D eigenvalue weighted by Crippen LogP contribution is -2.33. The van der Waals surface area contributed by atoms with Crippen LogP contribution in [0.5, 0.6) is 5.75 Å². The number of ether oxygens (including phenoxy) is 1. The summed E-state index contributed by atoms with van der Waals surface area (Å²) in [6.45, 7) is 5.86. The van der Waals surface area contributed by atoms with Gasteiger partial charge in [0.15, 0.2) is 0 Å². The molecule has 25 heavy (non-hydrogen) atoms. The molecular formula is C21H28N2O2. The molecule has 0 aromatic heterocycles. The van der Waals surface area contributed by atoms with Crippen molar-refractivity contribution in [1.29, 1.82) is 0 Å². The van der Waals surface area contributed by atoms with E-state index >= 15 is 0 Å². The summed E-state index contributed by atoms with van der Waals surface area (Å²) in [4.78, 5) is 4.88. The first-order valence-corrected chi connectivity index (χ1v) is 9.05. The summed E-state index contributed by atoms with van der Waals surface area (Å²) in [6.07, 6.45) is 0.729. The van der Waals surface area contributed by atoms with Gasteiger partial charge in [0.1, 0.15) is 5.75 Å². The van der Waals surface area contributed by atoms with Crippen LogP contribution in [-0.2, 0) is 6.54 Å². The lowest BCUT2D eigenvalue weighted by molar-refractivity contribution is 0.114. The van der Waals surface area contributed by atoms with Gasteiger partial charge in [-0.25, -0.2) is 0 Å². The molecule has 1 aliphatic rings. The highest BCUT2D eigenvalue weighted by Crippen LogP contribution is 2.17. The highest BCUT2D eigenvalue weighted by molar-refractivity contribution is 5.27. The molecule has 0 amide bonds. The summed E-state index contributed by atoms with van der Waals surface area (Å²) in [5.41, 5.74) is 2.32. The van der Waals surface area contributed by atoms with Crippen LogP contribution in [0.4, 0.5) is 0 Å². The number of methoxy groups -OCH3 is 1. The maximum Gasteiger partial charge on any atom is 0.118 e. The van der Waals surface area contributed by atoms with Gasteiger partial charge < -0.3 is 9.84 Å². The van der Waals surface area contributed by atoms with Gasteiger partial charge >= 0.3 is 0 Å². The van der Waals surface area contributed by atoms with Crippen molar-refractivity contribution in [3.8, 4) is 5.75 Å². The number of hydrogen-bond donors (Lipinski definition) is 1. The normalized spacial score (nSPS) is 17.8. The number of aliphatic hydroxyl groups excluding tert-OH is 1. The number of hydrogen-bond acceptors (Lipinski definition) is 4. The quantitative estimate of drug-likeness (QED) is 0.877. The van der Waals surface area contributed by atoms with Crippen LogP contribution in [0.1, 0.15) is 23.7 Å². The first-order valence-electron chi connectivity index (χ1n) is 9.05. The third kappa shape index (κ3) is 5.30. The molecule has 1 atom stereocenters. The second kappa shape index (κ2) is 8.99. The molecule has 0 saturated carbocycles. The zero-order valence-corrected chi connectivity index (χ0v) is 15.0. The van der Waals surface area contributed by atoms with Crippen molar-refractivity contribution in [2.24, 2.45) is 0 Å². The van der Waals surface area contributed by atoms with Gasteiger partial charge in [0, 0.05) is 26.2 Å². The summed E-state index contributed by atoms with van der Waals surface area (Å²) in [5, 5.41) is 10.4. The lowest BCUT2D eigenvalue weighted by atomic mass is 10.1. The largest absolute Gasteiger partial charge is 0.497 e. The van der Waals surface area contributed by atoms with Crippen molar-refractivity contribution < 1.29 is 9.84 Å². The predicted octanol–water partition coefficient (Wildman–Crippen LogP) is 2.94. The van der Waals surface area contributed by atoms with E-state index in [9.17, 15) is 5.11 Å². The lowest BCUT2D eigenvalue weighted by Gasteiger charge is -2.24. The molecule has 0 aliphatic carbocycles. The molecule has 3 rings (SSSR count). The van der Waals surface area contributed by atoms with Crippen LogP contribution in [0.25, 0.3) is 0 Å². The van der Waals surface area contributed by atoms with E-state index < -0.39 is 6.10 Å². The second-order valence-corrected chi connectivity index (χ2v) is 6.70. The molecule has 0 bridgehead atoms. The molecule has 0 spiro atoms. The molecule has 0 radical (unpaired) electrons. The van der Waals surface area contributed by atoms with Crippen molar-refractivity contribution in [3.05, 3.63) is 65.7 Å². The Morgan fingerprint density at radius 3 is 2.32 bits per heavy atom. The van der Waals surface area contributed by atoms with Gasteiger partial charge in [0.2, 0.25) is 0 Å². The van der Waals surface area contributed by atoms with E-state index in [-0.39, 0.29) is 0 Å². The standard InChI is InChI=1S/C21H28N2O2/c1-25-20-10-8-18(9-11-20)16-22-12-5-13-23(15-14-22)17-21(24)19-6-3-2-4-7-19/h2-4,6-11,21,24H,5,12-17H2,1H3. The average molecular weight is 340 g/mol. The Morgan fingerprint density at radius 2 is 1.60 bits per heavy atom. The summed E-state index contributed by atoms with van der Waals surface area (Å²) in [7, 11) is 1.70. The first-order chi connectivity index (χ1) is 12.2. The maximum atomic E-state index is 10.4. The third-order valence-electron chi connectivity index (χ3n) is 4.86. The smallest absolute Gasteiger partial charge is 0.118 e. The Bertz CT molecular complexity index is 630. The zero-order valence-electron chi connectivity index (χ0n) is 15.0. The van der Waals surface area contributed by atoms with Gasteiger partial charge in [-0.1, -0.05) is 42.5 Å². The van der Waals surface area contributed by atoms with E-state index in [4.69, 9.17) is 4.74 Å². The molecule has 1 N–H and O–H groups in total. The minimum Gasteiger partial charge on any atom is -0.497 e. The molecule has 1 heterocycles. The molecule has 134 valence electrons. The number of β-amino-alcohol motifs (C(OH)–C–C–N with tert-alkyl or cyclic N) is 1. The van der Waals surface area contributed by atoms with E-state index in [0.717, 1.165) is 50.5 Å². The number of nitrogens with zero attached hydrogens (tertiary/aromatic N) is 2. The fraction of sp³-hybridized carbons (Fsp3) is 0.429. The second-order valence-electron chi connectivity index (χ2n) is 6.70. The van der Waals surface area contributed by atoms with Crippen LogP contribution in [0.15, 0.2) is 54.6 Å². The fourth-order valence-corrected chi connectivity index (χ4v) is 3.38. The van der Waals surface area contributed by atoms with E-state index in [0.29, 0.717) is 6.54 Å². The fourth-order valence-electron chi connectivity index (χ4n) is 3.38. The maximum absolute atomic E-state index is 10.4. The van der Waals surface area contributed by atoms with Gasteiger partial charge in [-0.3, -0.25) is 9.80 Å². The SMILES string of the molecule is COc1ccc(CN2CCCN(CC(O)c3ccccc3)CC2)cc1.